The van der Waals surface area contributed by atoms with Gasteiger partial charge in [-0.05, 0) is 36.0 Å². The van der Waals surface area contributed by atoms with Crippen LogP contribution in [0.3, 0.4) is 0 Å². The average molecular weight is 372 g/mol. The average Bonchev–Trinajstić information content (AvgIpc) is 3.29. The lowest BCUT2D eigenvalue weighted by Crippen LogP contribution is -2.49. The molecule has 0 saturated carbocycles. The third-order valence-corrected chi connectivity index (χ3v) is 5.61. The van der Waals surface area contributed by atoms with Gasteiger partial charge in [0.25, 0.3) is 17.7 Å². The van der Waals surface area contributed by atoms with E-state index in [9.17, 15) is 14.4 Å². The summed E-state index contributed by atoms with van der Waals surface area (Å²) in [5, 5.41) is 0.859. The van der Waals surface area contributed by atoms with Gasteiger partial charge in [0.1, 0.15) is 5.75 Å². The monoisotopic (exact) mass is 372 g/mol. The second kappa shape index (κ2) is 6.34. The highest BCUT2D eigenvalue weighted by Gasteiger charge is 2.62. The smallest absolute Gasteiger partial charge is 0.276 e. The van der Waals surface area contributed by atoms with Gasteiger partial charge < -0.3 is 9.47 Å². The molecule has 0 aromatic heterocycles. The lowest BCUT2D eigenvalue weighted by Gasteiger charge is -2.19. The number of fused-ring (bicyclic) bond motifs is 5. The molecule has 27 heavy (non-hydrogen) atoms. The van der Waals surface area contributed by atoms with Crippen LogP contribution < -0.4 is 10.2 Å². The summed E-state index contributed by atoms with van der Waals surface area (Å²) in [4.78, 5) is 37.2. The second-order valence-corrected chi connectivity index (χ2v) is 8.45. The van der Waals surface area contributed by atoms with Crippen LogP contribution in [0.2, 0.25) is 0 Å². The van der Waals surface area contributed by atoms with E-state index in [4.69, 9.17) is 9.47 Å². The normalized spacial score (nSPS) is 29.2. The second-order valence-electron chi connectivity index (χ2n) is 8.45. The molecule has 3 heterocycles. The molecular weight excluding hydrogens is 348 g/mol. The first-order chi connectivity index (χ1) is 12.8. The fraction of sp³-hybridized carbons (Fsp3) is 0.550. The third kappa shape index (κ3) is 3.10. The molecule has 3 amide bonds. The summed E-state index contributed by atoms with van der Waals surface area (Å²) in [7, 11) is 0. The van der Waals surface area contributed by atoms with Gasteiger partial charge in [0.05, 0.1) is 24.0 Å². The molecule has 3 saturated heterocycles. The van der Waals surface area contributed by atoms with E-state index in [0.29, 0.717) is 5.75 Å². The zero-order valence-electron chi connectivity index (χ0n) is 15.7. The van der Waals surface area contributed by atoms with Crippen LogP contribution in [-0.2, 0) is 24.5 Å². The summed E-state index contributed by atoms with van der Waals surface area (Å²) in [6, 6.07) is 7.52. The molecule has 1 aromatic rings. The number of hydrazine groups is 1. The number of nitrogens with zero attached hydrogens (tertiary/aromatic N) is 1. The standard InChI is InChI=1S/C20H24N2O5/c1-20(2,3)11-4-6-12(7-5-11)26-10-15(23)21-22-18(24)16-13-8-9-14(27-13)17(16)19(22)25/h4-7,13-14,16-17H,8-10H2,1-3H3,(H,21,23)/t13-,14-,16+,17+/m1/s1. The first-order valence-electron chi connectivity index (χ1n) is 9.32. The number of ether oxygens (including phenoxy) is 2. The van der Waals surface area contributed by atoms with Crippen molar-refractivity contribution in [2.75, 3.05) is 6.61 Å². The van der Waals surface area contributed by atoms with Crippen molar-refractivity contribution in [3.63, 3.8) is 0 Å². The maximum atomic E-state index is 12.5. The molecule has 0 unspecified atom stereocenters. The van der Waals surface area contributed by atoms with Gasteiger partial charge in [-0.3, -0.25) is 19.8 Å². The Morgan fingerprint density at radius 2 is 1.67 bits per heavy atom. The van der Waals surface area contributed by atoms with Crippen molar-refractivity contribution in [1.82, 2.24) is 10.4 Å². The van der Waals surface area contributed by atoms with E-state index in [1.807, 2.05) is 12.1 Å². The molecule has 4 rings (SSSR count). The highest BCUT2D eigenvalue weighted by molar-refractivity contribution is 6.07. The highest BCUT2D eigenvalue weighted by atomic mass is 16.5. The number of rotatable bonds is 4. The van der Waals surface area contributed by atoms with Gasteiger partial charge >= 0.3 is 0 Å². The minimum absolute atomic E-state index is 0.0353. The molecule has 7 heteroatoms. The van der Waals surface area contributed by atoms with Crippen LogP contribution in [0.5, 0.6) is 5.75 Å². The zero-order valence-corrected chi connectivity index (χ0v) is 15.7. The van der Waals surface area contributed by atoms with Crippen LogP contribution in [0.1, 0.15) is 39.2 Å². The minimum atomic E-state index is -0.537. The predicted molar refractivity (Wildman–Crippen MR) is 95.5 cm³/mol. The van der Waals surface area contributed by atoms with E-state index in [-0.39, 0.29) is 36.0 Å². The van der Waals surface area contributed by atoms with Crippen molar-refractivity contribution in [3.05, 3.63) is 29.8 Å². The Kier molecular flexibility index (Phi) is 4.22. The van der Waals surface area contributed by atoms with Gasteiger partial charge in [0, 0.05) is 0 Å². The Morgan fingerprint density at radius 1 is 1.11 bits per heavy atom. The quantitative estimate of drug-likeness (QED) is 0.811. The fourth-order valence-corrected chi connectivity index (χ4v) is 4.18. The molecule has 3 fully saturated rings. The first-order valence-corrected chi connectivity index (χ1v) is 9.32. The number of nitrogens with one attached hydrogen (secondary N) is 1. The topological polar surface area (TPSA) is 84.9 Å². The van der Waals surface area contributed by atoms with Crippen LogP contribution in [-0.4, -0.2) is 41.5 Å². The van der Waals surface area contributed by atoms with Crippen LogP contribution in [0.25, 0.3) is 0 Å². The van der Waals surface area contributed by atoms with Crippen LogP contribution in [0.4, 0.5) is 0 Å². The maximum Gasteiger partial charge on any atom is 0.276 e. The molecule has 4 atom stereocenters. The molecular formula is C20H24N2O5. The summed E-state index contributed by atoms with van der Waals surface area (Å²) in [5.41, 5.74) is 3.59. The molecule has 3 aliphatic rings. The molecule has 0 aliphatic carbocycles. The maximum absolute atomic E-state index is 12.5. The van der Waals surface area contributed by atoms with Crippen LogP contribution in [0, 0.1) is 11.8 Å². The van der Waals surface area contributed by atoms with E-state index in [0.717, 1.165) is 23.4 Å². The molecule has 2 bridgehead atoms. The predicted octanol–water partition coefficient (Wildman–Crippen LogP) is 1.56. The molecule has 0 spiro atoms. The molecule has 3 aliphatic heterocycles. The number of imide groups is 1. The Bertz CT molecular complexity index is 755. The summed E-state index contributed by atoms with van der Waals surface area (Å²) in [6.07, 6.45) is 1.19. The largest absolute Gasteiger partial charge is 0.484 e. The number of benzene rings is 1. The molecule has 1 aromatic carbocycles. The summed E-state index contributed by atoms with van der Waals surface area (Å²) >= 11 is 0. The van der Waals surface area contributed by atoms with Gasteiger partial charge in [-0.15, -0.1) is 0 Å². The summed E-state index contributed by atoms with van der Waals surface area (Å²) in [5.74, 6) is -1.64. The van der Waals surface area contributed by atoms with E-state index < -0.39 is 17.7 Å². The number of hydrogen-bond donors (Lipinski definition) is 1. The lowest BCUT2D eigenvalue weighted by molar-refractivity contribution is -0.151. The number of carbonyl (C=O) groups excluding carboxylic acids is 3. The van der Waals surface area contributed by atoms with Gasteiger partial charge in [-0.25, -0.2) is 0 Å². The van der Waals surface area contributed by atoms with Gasteiger partial charge in [0.15, 0.2) is 6.61 Å². The molecule has 0 radical (unpaired) electrons. The minimum Gasteiger partial charge on any atom is -0.484 e. The Hall–Kier alpha value is -2.41. The van der Waals surface area contributed by atoms with Crippen LogP contribution in [0.15, 0.2) is 24.3 Å². The Morgan fingerprint density at radius 3 is 2.19 bits per heavy atom. The number of carbonyl (C=O) groups is 3. The van der Waals surface area contributed by atoms with E-state index in [1.165, 1.54) is 0 Å². The SMILES string of the molecule is CC(C)(C)c1ccc(OCC(=O)NN2C(=O)[C@@H]3[C@@H](C2=O)[C@H]2CC[C@H]3O2)cc1. The zero-order chi connectivity index (χ0) is 19.3. The third-order valence-electron chi connectivity index (χ3n) is 5.61. The van der Waals surface area contributed by atoms with Crippen molar-refractivity contribution in [2.45, 2.75) is 51.2 Å². The van der Waals surface area contributed by atoms with Crippen molar-refractivity contribution in [3.8, 4) is 5.75 Å². The number of amides is 3. The molecule has 7 nitrogen and oxygen atoms in total. The van der Waals surface area contributed by atoms with Gasteiger partial charge in [-0.2, -0.15) is 5.01 Å². The lowest BCUT2D eigenvalue weighted by atomic mass is 9.81. The van der Waals surface area contributed by atoms with Gasteiger partial charge in [-0.1, -0.05) is 32.9 Å². The van der Waals surface area contributed by atoms with E-state index >= 15 is 0 Å². The van der Waals surface area contributed by atoms with Crippen molar-refractivity contribution >= 4 is 17.7 Å². The summed E-state index contributed by atoms with van der Waals surface area (Å²) in [6.45, 7) is 6.08. The van der Waals surface area contributed by atoms with Crippen LogP contribution >= 0.6 is 0 Å². The Labute approximate surface area is 158 Å². The molecule has 144 valence electrons. The van der Waals surface area contributed by atoms with Gasteiger partial charge in [0.2, 0.25) is 0 Å². The van der Waals surface area contributed by atoms with Crippen molar-refractivity contribution in [1.29, 1.82) is 0 Å². The highest BCUT2D eigenvalue weighted by Crippen LogP contribution is 2.47. The first kappa shape index (κ1) is 18.0. The van der Waals surface area contributed by atoms with E-state index in [2.05, 4.69) is 26.2 Å². The van der Waals surface area contributed by atoms with Crippen molar-refractivity contribution < 1.29 is 23.9 Å². The molecule has 1 N–H and O–H groups in total. The van der Waals surface area contributed by atoms with Crippen molar-refractivity contribution in [2.24, 2.45) is 11.8 Å². The van der Waals surface area contributed by atoms with E-state index in [1.54, 1.807) is 12.1 Å². The number of hydrogen-bond acceptors (Lipinski definition) is 5. The Balaban J connectivity index is 1.33. The summed E-state index contributed by atoms with van der Waals surface area (Å²) < 4.78 is 11.1. The fourth-order valence-electron chi connectivity index (χ4n) is 4.18.